The zero-order valence-corrected chi connectivity index (χ0v) is 14.4. The van der Waals surface area contributed by atoms with Crippen LogP contribution in [0.5, 0.6) is 0 Å². The molecule has 1 aliphatic rings. The fraction of sp³-hybridized carbons (Fsp3) is 0.812. The monoisotopic (exact) mass is 312 g/mol. The number of halogens is 1. The molecular weight excluding hydrogens is 284 g/mol. The molecule has 0 spiro atoms. The van der Waals surface area contributed by atoms with Crippen LogP contribution in [0, 0.1) is 0 Å². The highest BCUT2D eigenvalue weighted by molar-refractivity contribution is 6.30. The molecule has 0 saturated heterocycles. The second-order valence-corrected chi connectivity index (χ2v) is 6.84. The molecule has 5 heteroatoms. The SMILES string of the molecule is CCCCc1nc(Cl)c(CNCC2(N(C)C)CCCC2)[nH]1. The Morgan fingerprint density at radius 1 is 1.33 bits per heavy atom. The maximum Gasteiger partial charge on any atom is 0.151 e. The Balaban J connectivity index is 1.86. The Bertz CT molecular complexity index is 435. The van der Waals surface area contributed by atoms with Crippen molar-refractivity contribution in [2.45, 2.75) is 64.0 Å². The first-order valence-corrected chi connectivity index (χ1v) is 8.56. The quantitative estimate of drug-likeness (QED) is 0.773. The van der Waals surface area contributed by atoms with E-state index in [2.05, 4.69) is 41.2 Å². The minimum Gasteiger partial charge on any atom is -0.344 e. The maximum atomic E-state index is 6.22. The van der Waals surface area contributed by atoms with E-state index in [4.69, 9.17) is 11.6 Å². The summed E-state index contributed by atoms with van der Waals surface area (Å²) in [6.07, 6.45) is 8.56. The molecule has 1 heterocycles. The molecule has 1 fully saturated rings. The molecule has 1 aromatic heterocycles. The summed E-state index contributed by atoms with van der Waals surface area (Å²) in [5.41, 5.74) is 1.34. The van der Waals surface area contributed by atoms with Crippen molar-refractivity contribution < 1.29 is 0 Å². The highest BCUT2D eigenvalue weighted by Crippen LogP contribution is 2.33. The average molecular weight is 313 g/mol. The van der Waals surface area contributed by atoms with E-state index >= 15 is 0 Å². The van der Waals surface area contributed by atoms with E-state index in [-0.39, 0.29) is 0 Å². The van der Waals surface area contributed by atoms with E-state index in [0.29, 0.717) is 10.7 Å². The van der Waals surface area contributed by atoms with Crippen LogP contribution in [0.2, 0.25) is 5.15 Å². The van der Waals surface area contributed by atoms with Crippen LogP contribution >= 0.6 is 11.6 Å². The van der Waals surface area contributed by atoms with Gasteiger partial charge in [0.2, 0.25) is 0 Å². The molecule has 2 N–H and O–H groups in total. The molecule has 21 heavy (non-hydrogen) atoms. The van der Waals surface area contributed by atoms with Crippen LogP contribution in [0.25, 0.3) is 0 Å². The fourth-order valence-electron chi connectivity index (χ4n) is 3.25. The van der Waals surface area contributed by atoms with Gasteiger partial charge in [-0.2, -0.15) is 0 Å². The van der Waals surface area contributed by atoms with Crippen LogP contribution in [-0.2, 0) is 13.0 Å². The number of hydrogen-bond acceptors (Lipinski definition) is 3. The minimum atomic E-state index is 0.317. The second kappa shape index (κ2) is 7.61. The van der Waals surface area contributed by atoms with Crippen molar-refractivity contribution >= 4 is 11.6 Å². The summed E-state index contributed by atoms with van der Waals surface area (Å²) in [5.74, 6) is 1.02. The van der Waals surface area contributed by atoms with Gasteiger partial charge in [-0.3, -0.25) is 0 Å². The van der Waals surface area contributed by atoms with Crippen LogP contribution in [0.4, 0.5) is 0 Å². The van der Waals surface area contributed by atoms with E-state index in [1.807, 2.05) is 0 Å². The van der Waals surface area contributed by atoms with Crippen molar-refractivity contribution in [3.05, 3.63) is 16.7 Å². The average Bonchev–Trinajstić information content (AvgIpc) is 3.05. The molecule has 1 aromatic rings. The van der Waals surface area contributed by atoms with Gasteiger partial charge in [-0.1, -0.05) is 37.8 Å². The molecule has 120 valence electrons. The van der Waals surface area contributed by atoms with Gasteiger partial charge < -0.3 is 15.2 Å². The fourth-order valence-corrected chi connectivity index (χ4v) is 3.47. The minimum absolute atomic E-state index is 0.317. The number of unbranched alkanes of at least 4 members (excludes halogenated alkanes) is 1. The van der Waals surface area contributed by atoms with Crippen molar-refractivity contribution in [1.29, 1.82) is 0 Å². The lowest BCUT2D eigenvalue weighted by Crippen LogP contribution is -2.49. The molecule has 0 bridgehead atoms. The summed E-state index contributed by atoms with van der Waals surface area (Å²) in [5, 5.41) is 4.20. The second-order valence-electron chi connectivity index (χ2n) is 6.49. The van der Waals surface area contributed by atoms with Crippen molar-refractivity contribution in [1.82, 2.24) is 20.2 Å². The first kappa shape index (κ1) is 16.8. The lowest BCUT2D eigenvalue weighted by atomic mass is 9.96. The largest absolute Gasteiger partial charge is 0.344 e. The molecule has 1 saturated carbocycles. The van der Waals surface area contributed by atoms with Gasteiger partial charge in [-0.05, 0) is 33.4 Å². The molecule has 0 radical (unpaired) electrons. The summed E-state index contributed by atoms with van der Waals surface area (Å²) >= 11 is 6.22. The lowest BCUT2D eigenvalue weighted by Gasteiger charge is -2.36. The molecule has 1 aliphatic carbocycles. The Hall–Kier alpha value is -0.580. The number of nitrogens with one attached hydrogen (secondary N) is 2. The predicted molar refractivity (Wildman–Crippen MR) is 88.8 cm³/mol. The van der Waals surface area contributed by atoms with Crippen LogP contribution in [0.15, 0.2) is 0 Å². The van der Waals surface area contributed by atoms with E-state index in [1.54, 1.807) is 0 Å². The zero-order valence-electron chi connectivity index (χ0n) is 13.6. The van der Waals surface area contributed by atoms with Gasteiger partial charge in [-0.15, -0.1) is 0 Å². The molecule has 0 aliphatic heterocycles. The van der Waals surface area contributed by atoms with Crippen molar-refractivity contribution in [3.8, 4) is 0 Å². The van der Waals surface area contributed by atoms with Gasteiger partial charge >= 0.3 is 0 Å². The zero-order chi connectivity index (χ0) is 15.3. The number of H-pyrrole nitrogens is 1. The Kier molecular flexibility index (Phi) is 6.08. The predicted octanol–water partition coefficient (Wildman–Crippen LogP) is 3.37. The molecule has 0 unspecified atom stereocenters. The summed E-state index contributed by atoms with van der Waals surface area (Å²) < 4.78 is 0. The molecule has 2 rings (SSSR count). The molecule has 0 amide bonds. The first-order chi connectivity index (χ1) is 10.1. The van der Waals surface area contributed by atoms with Crippen LogP contribution in [-0.4, -0.2) is 41.0 Å². The van der Waals surface area contributed by atoms with Gasteiger partial charge in [0.05, 0.1) is 5.69 Å². The van der Waals surface area contributed by atoms with Gasteiger partial charge in [0.15, 0.2) is 5.15 Å². The van der Waals surface area contributed by atoms with Crippen molar-refractivity contribution in [2.24, 2.45) is 0 Å². The number of aryl methyl sites for hydroxylation is 1. The smallest absolute Gasteiger partial charge is 0.151 e. The van der Waals surface area contributed by atoms with Crippen LogP contribution in [0.3, 0.4) is 0 Å². The van der Waals surface area contributed by atoms with E-state index in [0.717, 1.165) is 37.4 Å². The number of nitrogens with zero attached hydrogens (tertiary/aromatic N) is 2. The lowest BCUT2D eigenvalue weighted by molar-refractivity contribution is 0.153. The van der Waals surface area contributed by atoms with Crippen molar-refractivity contribution in [3.63, 3.8) is 0 Å². The third-order valence-electron chi connectivity index (χ3n) is 4.78. The Labute approximate surface area is 133 Å². The molecule has 0 aromatic carbocycles. The number of likely N-dealkylation sites (N-methyl/N-ethyl adjacent to an activating group) is 1. The van der Waals surface area contributed by atoms with Crippen LogP contribution < -0.4 is 5.32 Å². The Morgan fingerprint density at radius 2 is 2.05 bits per heavy atom. The highest BCUT2D eigenvalue weighted by atomic mass is 35.5. The Morgan fingerprint density at radius 3 is 2.67 bits per heavy atom. The summed E-state index contributed by atoms with van der Waals surface area (Å²) in [4.78, 5) is 10.2. The molecule has 0 atom stereocenters. The van der Waals surface area contributed by atoms with E-state index in [1.165, 1.54) is 32.1 Å². The number of aromatic amines is 1. The first-order valence-electron chi connectivity index (χ1n) is 8.19. The standard InChI is InChI=1S/C16H29ClN4/c1-4-5-8-14-19-13(15(17)20-14)11-18-12-16(21(2)3)9-6-7-10-16/h18H,4-12H2,1-3H3,(H,19,20). The van der Waals surface area contributed by atoms with Gasteiger partial charge in [0, 0.05) is 25.0 Å². The van der Waals surface area contributed by atoms with Crippen LogP contribution in [0.1, 0.15) is 57.0 Å². The summed E-state index contributed by atoms with van der Waals surface area (Å²) in [6.45, 7) is 3.97. The number of aromatic nitrogens is 2. The number of hydrogen-bond donors (Lipinski definition) is 2. The summed E-state index contributed by atoms with van der Waals surface area (Å²) in [6, 6.07) is 0. The van der Waals surface area contributed by atoms with Crippen molar-refractivity contribution in [2.75, 3.05) is 20.6 Å². The normalized spacial score (nSPS) is 17.8. The van der Waals surface area contributed by atoms with E-state index in [9.17, 15) is 0 Å². The molecule has 4 nitrogen and oxygen atoms in total. The number of imidazole rings is 1. The third-order valence-corrected chi connectivity index (χ3v) is 5.10. The van der Waals surface area contributed by atoms with E-state index < -0.39 is 0 Å². The maximum absolute atomic E-state index is 6.22. The van der Waals surface area contributed by atoms with Gasteiger partial charge in [-0.25, -0.2) is 4.98 Å². The third kappa shape index (κ3) is 4.21. The summed E-state index contributed by atoms with van der Waals surface area (Å²) in [7, 11) is 4.39. The van der Waals surface area contributed by atoms with Gasteiger partial charge in [0.25, 0.3) is 0 Å². The topological polar surface area (TPSA) is 44.0 Å². The molecular formula is C16H29ClN4. The highest BCUT2D eigenvalue weighted by Gasteiger charge is 2.35. The number of rotatable bonds is 8. The van der Waals surface area contributed by atoms with Gasteiger partial charge in [0.1, 0.15) is 5.82 Å².